The second-order valence-corrected chi connectivity index (χ2v) is 4.82. The number of hydrogen-bond donors (Lipinski definition) is 1. The topological polar surface area (TPSA) is 66.5 Å². The van der Waals surface area contributed by atoms with Gasteiger partial charge in [-0.05, 0) is 23.8 Å². The third-order valence-electron chi connectivity index (χ3n) is 3.31. The van der Waals surface area contributed by atoms with Crippen LogP contribution in [0.15, 0.2) is 60.2 Å². The molecule has 5 nitrogen and oxygen atoms in total. The Morgan fingerprint density at radius 2 is 1.57 bits per heavy atom. The second kappa shape index (κ2) is 5.84. The number of carbonyl (C=O) groups excluding carboxylic acids is 3. The summed E-state index contributed by atoms with van der Waals surface area (Å²) in [6, 6.07) is 13.1. The smallest absolute Gasteiger partial charge is 0.273 e. The number of imide groups is 2. The molecule has 0 spiro atoms. The van der Waals surface area contributed by atoms with Crippen LogP contribution in [0.4, 0.5) is 14.9 Å². The van der Waals surface area contributed by atoms with Crippen LogP contribution in [0.1, 0.15) is 5.56 Å². The van der Waals surface area contributed by atoms with Gasteiger partial charge in [0.2, 0.25) is 0 Å². The standard InChI is InChI=1S/C17H11FN2O3/c18-13-8-4-5-9-14(13)20-16(22)12(15(21)19-17(20)23)10-11-6-2-1-3-7-11/h1-10H,(H,19,21,23)/b12-10+. The lowest BCUT2D eigenvalue weighted by Gasteiger charge is -2.26. The highest BCUT2D eigenvalue weighted by atomic mass is 19.1. The summed E-state index contributed by atoms with van der Waals surface area (Å²) in [6.07, 6.45) is 1.36. The molecule has 0 bridgehead atoms. The van der Waals surface area contributed by atoms with E-state index in [4.69, 9.17) is 0 Å². The number of rotatable bonds is 2. The first-order chi connectivity index (χ1) is 11.1. The van der Waals surface area contributed by atoms with Gasteiger partial charge in [0.05, 0.1) is 5.69 Å². The quantitative estimate of drug-likeness (QED) is 0.684. The van der Waals surface area contributed by atoms with Crippen LogP contribution >= 0.6 is 0 Å². The largest absolute Gasteiger partial charge is 0.336 e. The predicted octanol–water partition coefficient (Wildman–Crippen LogP) is 2.49. The van der Waals surface area contributed by atoms with Gasteiger partial charge in [0.25, 0.3) is 11.8 Å². The number of para-hydroxylation sites is 1. The summed E-state index contributed by atoms with van der Waals surface area (Å²) in [5.74, 6) is -2.41. The van der Waals surface area contributed by atoms with E-state index in [0.717, 1.165) is 6.07 Å². The number of barbiturate groups is 1. The number of urea groups is 1. The lowest BCUT2D eigenvalue weighted by Crippen LogP contribution is -2.54. The van der Waals surface area contributed by atoms with E-state index in [1.54, 1.807) is 30.3 Å². The van der Waals surface area contributed by atoms with Gasteiger partial charge >= 0.3 is 6.03 Å². The molecule has 4 amide bonds. The van der Waals surface area contributed by atoms with Crippen LogP contribution in [-0.2, 0) is 9.59 Å². The molecule has 6 heteroatoms. The Balaban J connectivity index is 2.05. The van der Waals surface area contributed by atoms with E-state index in [2.05, 4.69) is 0 Å². The molecule has 1 saturated heterocycles. The van der Waals surface area contributed by atoms with E-state index < -0.39 is 23.7 Å². The van der Waals surface area contributed by atoms with Crippen molar-refractivity contribution in [3.8, 4) is 0 Å². The molecule has 2 aromatic rings. The van der Waals surface area contributed by atoms with E-state index in [1.807, 2.05) is 5.32 Å². The zero-order valence-corrected chi connectivity index (χ0v) is 11.8. The zero-order valence-electron chi connectivity index (χ0n) is 11.8. The van der Waals surface area contributed by atoms with Crippen molar-refractivity contribution in [3.63, 3.8) is 0 Å². The minimum absolute atomic E-state index is 0.207. The third-order valence-corrected chi connectivity index (χ3v) is 3.31. The number of amides is 4. The maximum Gasteiger partial charge on any atom is 0.336 e. The Labute approximate surface area is 131 Å². The normalized spacial score (nSPS) is 16.7. The van der Waals surface area contributed by atoms with Crippen molar-refractivity contribution < 1.29 is 18.8 Å². The van der Waals surface area contributed by atoms with E-state index in [0.29, 0.717) is 10.5 Å². The summed E-state index contributed by atoms with van der Waals surface area (Å²) in [5.41, 5.74) is 0.175. The van der Waals surface area contributed by atoms with Gasteiger partial charge in [-0.3, -0.25) is 14.9 Å². The molecule has 114 valence electrons. The maximum atomic E-state index is 13.9. The van der Waals surface area contributed by atoms with Crippen LogP contribution in [0.5, 0.6) is 0 Å². The number of anilines is 1. The van der Waals surface area contributed by atoms with Crippen LogP contribution < -0.4 is 10.2 Å². The first-order valence-corrected chi connectivity index (χ1v) is 6.79. The third kappa shape index (κ3) is 2.74. The molecule has 0 radical (unpaired) electrons. The number of carbonyl (C=O) groups is 3. The van der Waals surface area contributed by atoms with Gasteiger partial charge in [-0.2, -0.15) is 0 Å². The summed E-state index contributed by atoms with van der Waals surface area (Å²) in [7, 11) is 0. The fraction of sp³-hybridized carbons (Fsp3) is 0. The van der Waals surface area contributed by atoms with Crippen molar-refractivity contribution in [2.24, 2.45) is 0 Å². The molecule has 2 aromatic carbocycles. The minimum Gasteiger partial charge on any atom is -0.273 e. The molecule has 1 heterocycles. The van der Waals surface area contributed by atoms with Gasteiger partial charge in [-0.15, -0.1) is 0 Å². The first-order valence-electron chi connectivity index (χ1n) is 6.79. The molecular formula is C17H11FN2O3. The second-order valence-electron chi connectivity index (χ2n) is 4.82. The van der Waals surface area contributed by atoms with Crippen molar-refractivity contribution in [1.82, 2.24) is 5.32 Å². The molecule has 0 aliphatic carbocycles. The lowest BCUT2D eigenvalue weighted by atomic mass is 10.1. The summed E-state index contributed by atoms with van der Waals surface area (Å²) in [4.78, 5) is 37.0. The predicted molar refractivity (Wildman–Crippen MR) is 81.8 cm³/mol. The Kier molecular flexibility index (Phi) is 3.72. The van der Waals surface area contributed by atoms with Crippen molar-refractivity contribution >= 4 is 29.6 Å². The monoisotopic (exact) mass is 310 g/mol. The van der Waals surface area contributed by atoms with Crippen molar-refractivity contribution in [3.05, 3.63) is 71.6 Å². The number of benzene rings is 2. The fourth-order valence-corrected chi connectivity index (χ4v) is 2.23. The maximum absolute atomic E-state index is 13.9. The van der Waals surface area contributed by atoms with Gasteiger partial charge in [0.15, 0.2) is 0 Å². The van der Waals surface area contributed by atoms with Crippen LogP contribution in [-0.4, -0.2) is 17.8 Å². The van der Waals surface area contributed by atoms with Gasteiger partial charge in [-0.1, -0.05) is 42.5 Å². The molecule has 3 rings (SSSR count). The lowest BCUT2D eigenvalue weighted by molar-refractivity contribution is -0.122. The van der Waals surface area contributed by atoms with Crippen molar-refractivity contribution in [1.29, 1.82) is 0 Å². The van der Waals surface area contributed by atoms with Crippen LogP contribution in [0, 0.1) is 5.82 Å². The van der Waals surface area contributed by atoms with Gasteiger partial charge < -0.3 is 0 Å². The molecule has 1 N–H and O–H groups in total. The summed E-state index contributed by atoms with van der Waals surface area (Å²) >= 11 is 0. The average molecular weight is 310 g/mol. The zero-order chi connectivity index (χ0) is 16.4. The highest BCUT2D eigenvalue weighted by Gasteiger charge is 2.37. The molecular weight excluding hydrogens is 299 g/mol. The van der Waals surface area contributed by atoms with Crippen molar-refractivity contribution in [2.75, 3.05) is 4.90 Å². The number of nitrogens with one attached hydrogen (secondary N) is 1. The highest BCUT2D eigenvalue weighted by molar-refractivity contribution is 6.39. The van der Waals surface area contributed by atoms with E-state index in [-0.39, 0.29) is 11.3 Å². The molecule has 1 aliphatic heterocycles. The highest BCUT2D eigenvalue weighted by Crippen LogP contribution is 2.24. The van der Waals surface area contributed by atoms with Crippen LogP contribution in [0.3, 0.4) is 0 Å². The number of nitrogens with zero attached hydrogens (tertiary/aromatic N) is 1. The van der Waals surface area contributed by atoms with E-state index in [9.17, 15) is 18.8 Å². The van der Waals surface area contributed by atoms with Gasteiger partial charge in [0, 0.05) is 0 Å². The van der Waals surface area contributed by atoms with Crippen LogP contribution in [0.25, 0.3) is 6.08 Å². The van der Waals surface area contributed by atoms with Crippen LogP contribution in [0.2, 0.25) is 0 Å². The summed E-state index contributed by atoms with van der Waals surface area (Å²) < 4.78 is 13.9. The van der Waals surface area contributed by atoms with Gasteiger partial charge in [-0.25, -0.2) is 14.1 Å². The van der Waals surface area contributed by atoms with E-state index in [1.165, 1.54) is 24.3 Å². The summed E-state index contributed by atoms with van der Waals surface area (Å²) in [5, 5.41) is 2.05. The minimum atomic E-state index is -0.977. The van der Waals surface area contributed by atoms with Gasteiger partial charge in [0.1, 0.15) is 11.4 Å². The fourth-order valence-electron chi connectivity index (χ4n) is 2.23. The van der Waals surface area contributed by atoms with Crippen molar-refractivity contribution in [2.45, 2.75) is 0 Å². The molecule has 0 atom stereocenters. The number of halogens is 1. The molecule has 0 unspecified atom stereocenters. The average Bonchev–Trinajstić information content (AvgIpc) is 2.54. The Hall–Kier alpha value is -3.28. The number of hydrogen-bond acceptors (Lipinski definition) is 3. The first kappa shape index (κ1) is 14.6. The Morgan fingerprint density at radius 1 is 0.913 bits per heavy atom. The Bertz CT molecular complexity index is 831. The summed E-state index contributed by atoms with van der Waals surface area (Å²) in [6.45, 7) is 0. The molecule has 1 aliphatic rings. The molecule has 0 saturated carbocycles. The van der Waals surface area contributed by atoms with E-state index >= 15 is 0 Å². The molecule has 23 heavy (non-hydrogen) atoms. The molecule has 1 fully saturated rings. The SMILES string of the molecule is O=C1NC(=O)N(c2ccccc2F)C(=O)/C1=C/c1ccccc1. The Morgan fingerprint density at radius 3 is 2.26 bits per heavy atom. The molecule has 0 aromatic heterocycles.